The number of esters is 1. The van der Waals surface area contributed by atoms with Gasteiger partial charge in [0.2, 0.25) is 0 Å². The van der Waals surface area contributed by atoms with Crippen LogP contribution < -0.4 is 5.32 Å². The second-order valence-electron chi connectivity index (χ2n) is 7.59. The van der Waals surface area contributed by atoms with Crippen LogP contribution in [0, 0.1) is 0 Å². The van der Waals surface area contributed by atoms with Crippen LogP contribution in [0.2, 0.25) is 0 Å². The molecule has 0 aliphatic carbocycles. The smallest absolute Gasteiger partial charge is 0.408 e. The van der Waals surface area contributed by atoms with Crippen molar-refractivity contribution in [3.05, 3.63) is 0 Å². The molecular formula is C16H30NO8P. The third-order valence-corrected chi connectivity index (χ3v) is 4.59. The molecule has 1 unspecified atom stereocenters. The van der Waals surface area contributed by atoms with Gasteiger partial charge in [-0.3, -0.25) is 14.2 Å². The molecule has 0 saturated carbocycles. The Labute approximate surface area is 154 Å². The van der Waals surface area contributed by atoms with Crippen molar-refractivity contribution in [1.29, 1.82) is 0 Å². The van der Waals surface area contributed by atoms with E-state index in [0.29, 0.717) is 0 Å². The highest BCUT2D eigenvalue weighted by molar-refractivity contribution is 7.54. The molecule has 0 radical (unpaired) electrons. The molecule has 152 valence electrons. The van der Waals surface area contributed by atoms with Gasteiger partial charge in [0.05, 0.1) is 6.42 Å². The molecule has 9 nitrogen and oxygen atoms in total. The Hall–Kier alpha value is -1.44. The molecule has 1 amide bonds. The predicted octanol–water partition coefficient (Wildman–Crippen LogP) is 2.67. The molecule has 0 heterocycles. The number of rotatable bonds is 8. The van der Waals surface area contributed by atoms with E-state index in [-0.39, 0.29) is 0 Å². The van der Waals surface area contributed by atoms with Crippen molar-refractivity contribution in [2.45, 2.75) is 65.2 Å². The molecule has 1 atom stereocenters. The number of Topliss-reactive ketones (excluding diaryl/α,β-unsaturated/α-hetero) is 1. The molecule has 0 fully saturated rings. The minimum Gasteiger partial charge on any atom is -0.460 e. The molecule has 0 rings (SSSR count). The standard InChI is InChI=1S/C16H30NO8P/c1-15(2,3)24-13(19)9-11(17-14(20)25-16(4,5)6)12(18)10-26(21,22-7)23-8/h11H,9-10H2,1-8H3,(H,17,20). The van der Waals surface area contributed by atoms with Crippen LogP contribution in [-0.2, 0) is 32.7 Å². The second kappa shape index (κ2) is 9.48. The number of hydrogen-bond donors (Lipinski definition) is 1. The average molecular weight is 395 g/mol. The highest BCUT2D eigenvalue weighted by Gasteiger charge is 2.34. The maximum absolute atomic E-state index is 12.5. The van der Waals surface area contributed by atoms with Crippen molar-refractivity contribution in [2.24, 2.45) is 0 Å². The van der Waals surface area contributed by atoms with Crippen LogP contribution in [0.5, 0.6) is 0 Å². The van der Waals surface area contributed by atoms with Gasteiger partial charge >= 0.3 is 19.7 Å². The van der Waals surface area contributed by atoms with E-state index in [1.165, 1.54) is 0 Å². The Morgan fingerprint density at radius 2 is 1.38 bits per heavy atom. The van der Waals surface area contributed by atoms with Gasteiger partial charge in [-0.1, -0.05) is 0 Å². The average Bonchev–Trinajstić information content (AvgIpc) is 2.42. The summed E-state index contributed by atoms with van der Waals surface area (Å²) in [6.45, 7) is 9.98. The summed E-state index contributed by atoms with van der Waals surface area (Å²) in [6, 6.07) is -1.29. The number of nitrogens with one attached hydrogen (secondary N) is 1. The van der Waals surface area contributed by atoms with Gasteiger partial charge in [-0.2, -0.15) is 0 Å². The molecular weight excluding hydrogens is 365 g/mol. The summed E-state index contributed by atoms with van der Waals surface area (Å²) in [5.74, 6) is -1.40. The fourth-order valence-electron chi connectivity index (χ4n) is 1.75. The highest BCUT2D eigenvalue weighted by atomic mass is 31.2. The van der Waals surface area contributed by atoms with Gasteiger partial charge in [0.15, 0.2) is 5.78 Å². The third-order valence-electron chi connectivity index (χ3n) is 2.78. The summed E-state index contributed by atoms with van der Waals surface area (Å²) in [4.78, 5) is 36.5. The second-order valence-corrected chi connectivity index (χ2v) is 9.86. The van der Waals surface area contributed by atoms with E-state index in [0.717, 1.165) is 14.2 Å². The van der Waals surface area contributed by atoms with E-state index in [2.05, 4.69) is 5.32 Å². The lowest BCUT2D eigenvalue weighted by molar-refractivity contribution is -0.156. The van der Waals surface area contributed by atoms with Gasteiger partial charge in [-0.05, 0) is 41.5 Å². The van der Waals surface area contributed by atoms with Gasteiger partial charge in [-0.25, -0.2) is 4.79 Å². The number of carbonyl (C=O) groups excluding carboxylic acids is 3. The Kier molecular flexibility index (Phi) is 8.96. The zero-order chi connectivity index (χ0) is 20.8. The monoisotopic (exact) mass is 395 g/mol. The predicted molar refractivity (Wildman–Crippen MR) is 95.1 cm³/mol. The molecule has 0 aromatic heterocycles. The summed E-state index contributed by atoms with van der Waals surface area (Å²) in [5, 5.41) is 2.32. The van der Waals surface area contributed by atoms with Gasteiger partial charge in [0, 0.05) is 14.2 Å². The Balaban J connectivity index is 5.26. The summed E-state index contributed by atoms with van der Waals surface area (Å²) in [7, 11) is -1.37. The van der Waals surface area contributed by atoms with Crippen LogP contribution in [0.3, 0.4) is 0 Å². The molecule has 0 saturated heterocycles. The first-order valence-corrected chi connectivity index (χ1v) is 9.78. The van der Waals surface area contributed by atoms with Crippen LogP contribution in [0.25, 0.3) is 0 Å². The van der Waals surface area contributed by atoms with Crippen molar-refractivity contribution in [3.8, 4) is 0 Å². The van der Waals surface area contributed by atoms with Crippen molar-refractivity contribution in [2.75, 3.05) is 20.4 Å². The molecule has 0 aromatic carbocycles. The molecule has 0 spiro atoms. The van der Waals surface area contributed by atoms with E-state index >= 15 is 0 Å². The number of carbonyl (C=O) groups is 3. The molecule has 10 heteroatoms. The molecule has 0 aromatic rings. The number of ketones is 1. The van der Waals surface area contributed by atoms with Crippen LogP contribution >= 0.6 is 7.60 Å². The van der Waals surface area contributed by atoms with Gasteiger partial charge in [-0.15, -0.1) is 0 Å². The van der Waals surface area contributed by atoms with E-state index < -0.39 is 55.3 Å². The van der Waals surface area contributed by atoms with Crippen molar-refractivity contribution in [1.82, 2.24) is 5.32 Å². The third kappa shape index (κ3) is 10.5. The molecule has 1 N–H and O–H groups in total. The van der Waals surface area contributed by atoms with E-state index in [1.54, 1.807) is 41.5 Å². The molecule has 26 heavy (non-hydrogen) atoms. The minimum atomic E-state index is -3.65. The molecule has 0 bridgehead atoms. The summed E-state index contributed by atoms with van der Waals surface area (Å²) >= 11 is 0. The first-order chi connectivity index (χ1) is 11.6. The van der Waals surface area contributed by atoms with Crippen LogP contribution in [0.4, 0.5) is 4.79 Å². The minimum absolute atomic E-state index is 0.442. The van der Waals surface area contributed by atoms with E-state index in [9.17, 15) is 18.9 Å². The first-order valence-electron chi connectivity index (χ1n) is 8.05. The number of hydrogen-bond acceptors (Lipinski definition) is 8. The summed E-state index contributed by atoms with van der Waals surface area (Å²) in [5.41, 5.74) is -1.55. The van der Waals surface area contributed by atoms with E-state index in [1.807, 2.05) is 0 Å². The zero-order valence-corrected chi connectivity index (χ0v) is 17.6. The zero-order valence-electron chi connectivity index (χ0n) is 16.7. The normalized spacial score (nSPS) is 13.7. The fourth-order valence-corrected chi connectivity index (χ4v) is 2.76. The lowest BCUT2D eigenvalue weighted by Gasteiger charge is -2.25. The Morgan fingerprint density at radius 1 is 0.923 bits per heavy atom. The maximum Gasteiger partial charge on any atom is 0.408 e. The van der Waals surface area contributed by atoms with Crippen molar-refractivity contribution < 1.29 is 37.5 Å². The van der Waals surface area contributed by atoms with Gasteiger partial charge in [0.1, 0.15) is 23.4 Å². The quantitative estimate of drug-likeness (QED) is 0.492. The molecule has 0 aliphatic heterocycles. The van der Waals surface area contributed by atoms with E-state index in [4.69, 9.17) is 18.5 Å². The number of alkyl carbamates (subject to hydrolysis) is 1. The van der Waals surface area contributed by atoms with Crippen LogP contribution in [0.15, 0.2) is 0 Å². The highest BCUT2D eigenvalue weighted by Crippen LogP contribution is 2.46. The molecule has 0 aliphatic rings. The summed E-state index contributed by atoms with van der Waals surface area (Å²) in [6.07, 6.45) is -1.93. The van der Waals surface area contributed by atoms with Gasteiger partial charge < -0.3 is 23.8 Å². The lowest BCUT2D eigenvalue weighted by Crippen LogP contribution is -2.46. The number of amides is 1. The van der Waals surface area contributed by atoms with Crippen LogP contribution in [-0.4, -0.2) is 55.5 Å². The first kappa shape index (κ1) is 24.6. The van der Waals surface area contributed by atoms with Crippen LogP contribution in [0.1, 0.15) is 48.0 Å². The lowest BCUT2D eigenvalue weighted by atomic mass is 10.1. The topological polar surface area (TPSA) is 117 Å². The SMILES string of the molecule is COP(=O)(CC(=O)C(CC(=O)OC(C)(C)C)NC(=O)OC(C)(C)C)OC. The number of ether oxygens (including phenoxy) is 2. The Bertz CT molecular complexity index is 524. The summed E-state index contributed by atoms with van der Waals surface area (Å²) < 4.78 is 31.9. The maximum atomic E-state index is 12.5. The Morgan fingerprint density at radius 3 is 1.77 bits per heavy atom. The fraction of sp³-hybridized carbons (Fsp3) is 0.812. The van der Waals surface area contributed by atoms with Crippen molar-refractivity contribution >= 4 is 25.4 Å². The largest absolute Gasteiger partial charge is 0.460 e. The van der Waals surface area contributed by atoms with Gasteiger partial charge in [0.25, 0.3) is 0 Å². The van der Waals surface area contributed by atoms with Crippen molar-refractivity contribution in [3.63, 3.8) is 0 Å².